The van der Waals surface area contributed by atoms with E-state index in [2.05, 4.69) is 22.1 Å². The SMILES string of the molecule is Cc1nc2c([nH]1)CCc1cc(N)ccc1-2. The van der Waals surface area contributed by atoms with Crippen LogP contribution in [0, 0.1) is 6.92 Å². The molecule has 0 atom stereocenters. The quantitative estimate of drug-likeness (QED) is 0.638. The molecule has 0 aliphatic heterocycles. The molecule has 1 aromatic heterocycles. The molecule has 0 amide bonds. The van der Waals surface area contributed by atoms with Gasteiger partial charge < -0.3 is 10.7 Å². The van der Waals surface area contributed by atoms with E-state index in [1.807, 2.05) is 13.0 Å². The summed E-state index contributed by atoms with van der Waals surface area (Å²) in [7, 11) is 0. The van der Waals surface area contributed by atoms with Gasteiger partial charge in [-0.3, -0.25) is 0 Å². The van der Waals surface area contributed by atoms with Crippen molar-refractivity contribution >= 4 is 5.69 Å². The van der Waals surface area contributed by atoms with Crippen molar-refractivity contribution in [2.45, 2.75) is 19.8 Å². The molecule has 1 aromatic carbocycles. The first kappa shape index (κ1) is 8.53. The Morgan fingerprint density at radius 2 is 2.20 bits per heavy atom. The number of nitrogens with zero attached hydrogens (tertiary/aromatic N) is 1. The van der Waals surface area contributed by atoms with E-state index in [1.165, 1.54) is 16.8 Å². The van der Waals surface area contributed by atoms with Crippen LogP contribution >= 0.6 is 0 Å². The fourth-order valence-corrected chi connectivity index (χ4v) is 2.26. The second-order valence-corrected chi connectivity index (χ2v) is 4.07. The number of nitrogens with one attached hydrogen (secondary N) is 1. The molecule has 3 N–H and O–H groups in total. The third kappa shape index (κ3) is 1.23. The third-order valence-corrected chi connectivity index (χ3v) is 2.93. The maximum absolute atomic E-state index is 5.78. The van der Waals surface area contributed by atoms with Crippen LogP contribution in [0.25, 0.3) is 11.3 Å². The molecule has 15 heavy (non-hydrogen) atoms. The molecule has 0 unspecified atom stereocenters. The lowest BCUT2D eigenvalue weighted by atomic mass is 9.92. The summed E-state index contributed by atoms with van der Waals surface area (Å²) >= 11 is 0. The topological polar surface area (TPSA) is 54.7 Å². The lowest BCUT2D eigenvalue weighted by molar-refractivity contribution is 0.905. The number of fused-ring (bicyclic) bond motifs is 3. The first-order valence-corrected chi connectivity index (χ1v) is 5.18. The molecule has 0 radical (unpaired) electrons. The van der Waals surface area contributed by atoms with Crippen LogP contribution in [-0.4, -0.2) is 9.97 Å². The summed E-state index contributed by atoms with van der Waals surface area (Å²) < 4.78 is 0. The van der Waals surface area contributed by atoms with Gasteiger partial charge in [-0.05, 0) is 37.5 Å². The number of imidazole rings is 1. The molecule has 0 spiro atoms. The molecule has 2 aromatic rings. The summed E-state index contributed by atoms with van der Waals surface area (Å²) in [6.45, 7) is 2.00. The summed E-state index contributed by atoms with van der Waals surface area (Å²) in [5, 5.41) is 0. The normalized spacial score (nSPS) is 13.4. The van der Waals surface area contributed by atoms with Gasteiger partial charge in [-0.25, -0.2) is 4.98 Å². The monoisotopic (exact) mass is 199 g/mol. The van der Waals surface area contributed by atoms with Gasteiger partial charge in [0.1, 0.15) is 5.82 Å². The number of hydrogen-bond acceptors (Lipinski definition) is 2. The number of aryl methyl sites for hydroxylation is 3. The fourth-order valence-electron chi connectivity index (χ4n) is 2.26. The van der Waals surface area contributed by atoms with E-state index in [0.717, 1.165) is 30.0 Å². The van der Waals surface area contributed by atoms with Gasteiger partial charge in [0.25, 0.3) is 0 Å². The molecule has 1 heterocycles. The van der Waals surface area contributed by atoms with E-state index < -0.39 is 0 Å². The Hall–Kier alpha value is -1.77. The number of aromatic amines is 1. The van der Waals surface area contributed by atoms with Gasteiger partial charge >= 0.3 is 0 Å². The molecule has 3 heteroatoms. The van der Waals surface area contributed by atoms with Crippen molar-refractivity contribution in [2.75, 3.05) is 5.73 Å². The van der Waals surface area contributed by atoms with Crippen molar-refractivity contribution < 1.29 is 0 Å². The number of H-pyrrole nitrogens is 1. The number of rotatable bonds is 0. The van der Waals surface area contributed by atoms with Gasteiger partial charge in [-0.1, -0.05) is 6.07 Å². The third-order valence-electron chi connectivity index (χ3n) is 2.93. The fraction of sp³-hybridized carbons (Fsp3) is 0.250. The van der Waals surface area contributed by atoms with Crippen LogP contribution in [0.3, 0.4) is 0 Å². The van der Waals surface area contributed by atoms with E-state index >= 15 is 0 Å². The second-order valence-electron chi connectivity index (χ2n) is 4.07. The Morgan fingerprint density at radius 1 is 1.33 bits per heavy atom. The number of aromatic nitrogens is 2. The highest BCUT2D eigenvalue weighted by molar-refractivity contribution is 5.71. The van der Waals surface area contributed by atoms with Crippen LogP contribution in [0.15, 0.2) is 18.2 Å². The highest BCUT2D eigenvalue weighted by Crippen LogP contribution is 2.32. The van der Waals surface area contributed by atoms with Crippen molar-refractivity contribution in [3.63, 3.8) is 0 Å². The average Bonchev–Trinajstić information content (AvgIpc) is 2.58. The van der Waals surface area contributed by atoms with Crippen molar-refractivity contribution in [1.82, 2.24) is 9.97 Å². The molecule has 1 aliphatic carbocycles. The van der Waals surface area contributed by atoms with Gasteiger partial charge in [-0.2, -0.15) is 0 Å². The predicted molar refractivity (Wildman–Crippen MR) is 60.6 cm³/mol. The minimum absolute atomic E-state index is 0.837. The molecule has 0 bridgehead atoms. The molecule has 3 rings (SSSR count). The zero-order chi connectivity index (χ0) is 10.4. The van der Waals surface area contributed by atoms with Crippen LogP contribution in [0.4, 0.5) is 5.69 Å². The maximum atomic E-state index is 5.78. The van der Waals surface area contributed by atoms with E-state index in [4.69, 9.17) is 5.73 Å². The standard InChI is InChI=1S/C12H13N3/c1-7-14-11-5-2-8-6-9(13)3-4-10(8)12(11)15-7/h3-4,6H,2,5,13H2,1H3,(H,14,15). The van der Waals surface area contributed by atoms with Gasteiger partial charge in [-0.15, -0.1) is 0 Å². The van der Waals surface area contributed by atoms with Gasteiger partial charge in [0, 0.05) is 16.9 Å². The summed E-state index contributed by atoms with van der Waals surface area (Å²) in [6, 6.07) is 6.07. The van der Waals surface area contributed by atoms with E-state index in [9.17, 15) is 0 Å². The lowest BCUT2D eigenvalue weighted by Crippen LogP contribution is -2.04. The molecular formula is C12H13N3. The van der Waals surface area contributed by atoms with Crippen molar-refractivity contribution in [3.05, 3.63) is 35.3 Å². The van der Waals surface area contributed by atoms with Gasteiger partial charge in [0.2, 0.25) is 0 Å². The summed E-state index contributed by atoms with van der Waals surface area (Å²) in [5.74, 6) is 0.990. The minimum Gasteiger partial charge on any atom is -0.399 e. The Labute approximate surface area is 88.3 Å². The number of hydrogen-bond donors (Lipinski definition) is 2. The number of nitrogen functional groups attached to an aromatic ring is 1. The number of nitrogens with two attached hydrogens (primary N) is 1. The zero-order valence-corrected chi connectivity index (χ0v) is 8.67. The highest BCUT2D eigenvalue weighted by Gasteiger charge is 2.19. The molecule has 0 fully saturated rings. The Bertz CT molecular complexity index is 526. The van der Waals surface area contributed by atoms with Crippen molar-refractivity contribution in [2.24, 2.45) is 0 Å². The Kier molecular flexibility index (Phi) is 1.63. The second kappa shape index (κ2) is 2.86. The summed E-state index contributed by atoms with van der Waals surface area (Å²) in [4.78, 5) is 7.84. The Morgan fingerprint density at radius 3 is 3.07 bits per heavy atom. The Balaban J connectivity index is 2.25. The molecule has 3 nitrogen and oxygen atoms in total. The summed E-state index contributed by atoms with van der Waals surface area (Å²) in [6.07, 6.45) is 2.08. The number of anilines is 1. The maximum Gasteiger partial charge on any atom is 0.103 e. The van der Waals surface area contributed by atoms with Crippen LogP contribution in [0.5, 0.6) is 0 Å². The lowest BCUT2D eigenvalue weighted by Gasteiger charge is -2.15. The number of benzene rings is 1. The zero-order valence-electron chi connectivity index (χ0n) is 8.67. The minimum atomic E-state index is 0.837. The average molecular weight is 199 g/mol. The molecule has 1 aliphatic rings. The summed E-state index contributed by atoms with van der Waals surface area (Å²) in [5.41, 5.74) is 11.5. The first-order chi connectivity index (χ1) is 7.24. The van der Waals surface area contributed by atoms with Crippen LogP contribution in [0.2, 0.25) is 0 Å². The van der Waals surface area contributed by atoms with E-state index in [1.54, 1.807) is 0 Å². The van der Waals surface area contributed by atoms with Crippen molar-refractivity contribution in [3.8, 4) is 11.3 Å². The highest BCUT2D eigenvalue weighted by atomic mass is 14.9. The van der Waals surface area contributed by atoms with Gasteiger partial charge in [0.05, 0.1) is 5.69 Å². The smallest absolute Gasteiger partial charge is 0.103 e. The predicted octanol–water partition coefficient (Wildman–Crippen LogP) is 2.07. The van der Waals surface area contributed by atoms with Gasteiger partial charge in [0.15, 0.2) is 0 Å². The van der Waals surface area contributed by atoms with Crippen LogP contribution in [-0.2, 0) is 12.8 Å². The van der Waals surface area contributed by atoms with E-state index in [0.29, 0.717) is 0 Å². The molecule has 0 saturated carbocycles. The molecular weight excluding hydrogens is 186 g/mol. The largest absolute Gasteiger partial charge is 0.399 e. The van der Waals surface area contributed by atoms with Crippen molar-refractivity contribution in [1.29, 1.82) is 0 Å². The molecule has 76 valence electrons. The molecule has 0 saturated heterocycles. The van der Waals surface area contributed by atoms with E-state index in [-0.39, 0.29) is 0 Å². The first-order valence-electron chi connectivity index (χ1n) is 5.18. The van der Waals surface area contributed by atoms with Crippen LogP contribution < -0.4 is 5.73 Å². The van der Waals surface area contributed by atoms with Crippen LogP contribution in [0.1, 0.15) is 17.1 Å².